The molecule has 205 valence electrons. The number of hydrogen-bond acceptors (Lipinski definition) is 5. The van der Waals surface area contributed by atoms with Crippen molar-refractivity contribution < 1.29 is 24.5 Å². The fourth-order valence-corrected chi connectivity index (χ4v) is 5.02. The largest absolute Gasteiger partial charge is 0.501 e. The second-order valence-electron chi connectivity index (χ2n) is 9.51. The Kier molecular flexibility index (Phi) is 7.69. The number of furan rings is 1. The molecule has 4 aromatic heterocycles. The average molecular weight is 722 g/mol. The van der Waals surface area contributed by atoms with E-state index in [4.69, 9.17) is 9.40 Å². The van der Waals surface area contributed by atoms with Gasteiger partial charge in [-0.2, -0.15) is 10.2 Å². The van der Waals surface area contributed by atoms with Gasteiger partial charge in [0, 0.05) is 37.4 Å². The van der Waals surface area contributed by atoms with Gasteiger partial charge in [0.1, 0.15) is 5.58 Å². The molecule has 0 fully saturated rings. The Balaban J connectivity index is 0.000000205. The second kappa shape index (κ2) is 11.9. The third kappa shape index (κ3) is 5.00. The molecule has 0 unspecified atom stereocenters. The summed E-state index contributed by atoms with van der Waals surface area (Å²) in [7, 11) is 0. The summed E-state index contributed by atoms with van der Waals surface area (Å²) in [4.78, 5) is 9.10. The Morgan fingerprint density at radius 1 is 0.786 bits per heavy atom. The topological polar surface area (TPSA) is 69.6 Å². The van der Waals surface area contributed by atoms with E-state index in [0.29, 0.717) is 0 Å². The maximum Gasteiger partial charge on any atom is 0.120 e. The minimum absolute atomic E-state index is 0. The normalized spacial score (nSPS) is 10.8. The maximum atomic E-state index is 6.29. The number of aryl methyl sites for hydroxylation is 1. The fraction of sp³-hybridized carbons (Fsp3) is 0.0286. The van der Waals surface area contributed by atoms with Crippen molar-refractivity contribution in [2.75, 3.05) is 0 Å². The molecule has 8 rings (SSSR count). The van der Waals surface area contributed by atoms with Crippen LogP contribution in [0.25, 0.3) is 61.3 Å². The van der Waals surface area contributed by atoms with Gasteiger partial charge in [-0.3, -0.25) is 4.98 Å². The monoisotopic (exact) mass is 722 g/mol. The van der Waals surface area contributed by atoms with Crippen LogP contribution in [0.2, 0.25) is 0 Å². The predicted octanol–water partition coefficient (Wildman–Crippen LogP) is 8.04. The van der Waals surface area contributed by atoms with Gasteiger partial charge < -0.3 is 14.0 Å². The third-order valence-corrected chi connectivity index (χ3v) is 6.91. The number of para-hydroxylation sites is 2. The first-order valence-electron chi connectivity index (χ1n) is 13.2. The molecule has 42 heavy (non-hydrogen) atoms. The van der Waals surface area contributed by atoms with Gasteiger partial charge in [0.15, 0.2) is 0 Å². The van der Waals surface area contributed by atoms with E-state index in [1.54, 1.807) is 18.6 Å². The van der Waals surface area contributed by atoms with Crippen molar-refractivity contribution in [1.82, 2.24) is 24.7 Å². The van der Waals surface area contributed by atoms with Crippen LogP contribution in [0, 0.1) is 19.1 Å². The van der Waals surface area contributed by atoms with Crippen molar-refractivity contribution in [2.24, 2.45) is 0 Å². The van der Waals surface area contributed by atoms with Gasteiger partial charge in [0.2, 0.25) is 0 Å². The molecule has 7 heteroatoms. The Hall–Kier alpha value is -4.97. The van der Waals surface area contributed by atoms with E-state index in [1.807, 2.05) is 84.9 Å². The summed E-state index contributed by atoms with van der Waals surface area (Å²) in [6.07, 6.45) is 5.21. The molecule has 4 aromatic carbocycles. The Labute approximate surface area is 256 Å². The molecule has 0 aliphatic carbocycles. The van der Waals surface area contributed by atoms with Gasteiger partial charge in [-0.25, -0.2) is 0 Å². The summed E-state index contributed by atoms with van der Waals surface area (Å²) in [5.74, 6) is 0.755. The van der Waals surface area contributed by atoms with Crippen molar-refractivity contribution in [3.05, 3.63) is 139 Å². The molecule has 1 radical (unpaired) electrons. The van der Waals surface area contributed by atoms with E-state index in [0.717, 1.165) is 66.9 Å². The van der Waals surface area contributed by atoms with Crippen molar-refractivity contribution in [3.8, 4) is 28.3 Å². The quantitative estimate of drug-likeness (QED) is 0.173. The van der Waals surface area contributed by atoms with Gasteiger partial charge in [-0.05, 0) is 30.0 Å². The van der Waals surface area contributed by atoms with Gasteiger partial charge >= 0.3 is 0 Å². The van der Waals surface area contributed by atoms with Crippen molar-refractivity contribution >= 4 is 33.0 Å². The van der Waals surface area contributed by atoms with E-state index in [2.05, 4.69) is 57.0 Å². The van der Waals surface area contributed by atoms with Crippen LogP contribution in [0.3, 0.4) is 0 Å². The summed E-state index contributed by atoms with van der Waals surface area (Å²) in [5, 5.41) is 10.3. The van der Waals surface area contributed by atoms with Gasteiger partial charge in [0.25, 0.3) is 0 Å². The van der Waals surface area contributed by atoms with E-state index in [-0.39, 0.29) is 20.1 Å². The van der Waals surface area contributed by atoms with Crippen LogP contribution in [0.4, 0.5) is 0 Å². The number of aromatic nitrogens is 5. The first kappa shape index (κ1) is 27.2. The van der Waals surface area contributed by atoms with Gasteiger partial charge in [0.05, 0.1) is 34.8 Å². The van der Waals surface area contributed by atoms with Gasteiger partial charge in [-0.15, -0.1) is 53.6 Å². The molecule has 0 amide bonds. The van der Waals surface area contributed by atoms with E-state index < -0.39 is 0 Å². The average Bonchev–Trinajstić information content (AvgIpc) is 3.63. The minimum atomic E-state index is 0. The number of imidazole rings is 1. The first-order valence-corrected chi connectivity index (χ1v) is 13.2. The molecule has 0 bridgehead atoms. The number of pyridine rings is 1. The molecule has 0 aliphatic rings. The summed E-state index contributed by atoms with van der Waals surface area (Å²) < 4.78 is 8.37. The Morgan fingerprint density at radius 3 is 2.38 bits per heavy atom. The molecule has 0 N–H and O–H groups in total. The standard InChI is InChI=1S/C24H15N4O.C11H8N.Ir/c1-15-11-12-18(23-22(15)17-9-5-6-10-21(17)29-23)24-27-19-13-25-26-14-20(19)28(24)16-7-3-2-4-8-16;1-2-6-10(7-3-1)11-8-4-5-9-12-11;/h2-11,13-14H,1H3;1-6,8-9H;/q2*-1;. The molecule has 8 aromatic rings. The van der Waals surface area contributed by atoms with Crippen LogP contribution in [0.1, 0.15) is 5.56 Å². The summed E-state index contributed by atoms with van der Waals surface area (Å²) >= 11 is 0. The number of hydrogen-bond donors (Lipinski definition) is 0. The zero-order chi connectivity index (χ0) is 27.6. The molecule has 0 atom stereocenters. The van der Waals surface area contributed by atoms with Crippen molar-refractivity contribution in [1.29, 1.82) is 0 Å². The molecular formula is C35H23IrN5O-2. The zero-order valence-electron chi connectivity index (χ0n) is 22.5. The smallest absolute Gasteiger partial charge is 0.120 e. The molecule has 0 saturated heterocycles. The van der Waals surface area contributed by atoms with Crippen LogP contribution in [-0.2, 0) is 20.1 Å². The molecule has 0 spiro atoms. The van der Waals surface area contributed by atoms with E-state index in [1.165, 1.54) is 0 Å². The number of benzene rings is 4. The molecule has 0 aliphatic heterocycles. The molecule has 4 heterocycles. The Bertz CT molecular complexity index is 2070. The van der Waals surface area contributed by atoms with Crippen LogP contribution in [0.5, 0.6) is 0 Å². The third-order valence-electron chi connectivity index (χ3n) is 6.91. The van der Waals surface area contributed by atoms with Crippen LogP contribution < -0.4 is 0 Å². The number of nitrogens with zero attached hydrogens (tertiary/aromatic N) is 5. The Morgan fingerprint density at radius 2 is 1.57 bits per heavy atom. The van der Waals surface area contributed by atoms with E-state index >= 15 is 0 Å². The zero-order valence-corrected chi connectivity index (χ0v) is 24.9. The summed E-state index contributed by atoms with van der Waals surface area (Å²) in [5.41, 5.74) is 8.27. The van der Waals surface area contributed by atoms with E-state index in [9.17, 15) is 0 Å². The molecular weight excluding hydrogens is 699 g/mol. The predicted molar refractivity (Wildman–Crippen MR) is 161 cm³/mol. The number of fused-ring (bicyclic) bond motifs is 4. The SMILES string of the molecule is Cc1c[c-]c(-c2nc3cnncc3n2-c2ccccc2)c2oc3ccccc3c12.[Ir].[c-]1ccccc1-c1ccccn1. The summed E-state index contributed by atoms with van der Waals surface area (Å²) in [6, 6.07) is 40.4. The summed E-state index contributed by atoms with van der Waals surface area (Å²) in [6.45, 7) is 2.08. The van der Waals surface area contributed by atoms with Gasteiger partial charge in [-0.1, -0.05) is 66.4 Å². The van der Waals surface area contributed by atoms with Crippen LogP contribution >= 0.6 is 0 Å². The number of rotatable bonds is 3. The molecule has 0 saturated carbocycles. The van der Waals surface area contributed by atoms with Crippen molar-refractivity contribution in [3.63, 3.8) is 0 Å². The first-order chi connectivity index (χ1) is 20.3. The van der Waals surface area contributed by atoms with Crippen LogP contribution in [0.15, 0.2) is 126 Å². The maximum absolute atomic E-state index is 6.29. The second-order valence-corrected chi connectivity index (χ2v) is 9.51. The minimum Gasteiger partial charge on any atom is -0.501 e. The van der Waals surface area contributed by atoms with Crippen molar-refractivity contribution in [2.45, 2.75) is 6.92 Å². The molecule has 6 nitrogen and oxygen atoms in total. The fourth-order valence-electron chi connectivity index (χ4n) is 5.02. The van der Waals surface area contributed by atoms with Crippen LogP contribution in [-0.4, -0.2) is 24.7 Å².